The van der Waals surface area contributed by atoms with Crippen LogP contribution in [0.1, 0.15) is 58.6 Å². The van der Waals surface area contributed by atoms with Crippen LogP contribution in [0.15, 0.2) is 78.9 Å². The molecule has 3 aromatic carbocycles. The molecule has 3 rings (SSSR count). The van der Waals surface area contributed by atoms with Gasteiger partial charge in [0.15, 0.2) is 0 Å². The van der Waals surface area contributed by atoms with Crippen molar-refractivity contribution < 1.29 is 22.8 Å². The molecule has 4 nitrogen and oxygen atoms in total. The van der Waals surface area contributed by atoms with Crippen molar-refractivity contribution in [3.8, 4) is 0 Å². The Kier molecular flexibility index (Phi) is 9.86. The van der Waals surface area contributed by atoms with E-state index in [0.717, 1.165) is 24.0 Å². The highest BCUT2D eigenvalue weighted by Crippen LogP contribution is 2.30. The summed E-state index contributed by atoms with van der Waals surface area (Å²) in [4.78, 5) is 23.6. The number of hydrogen-bond acceptors (Lipinski definition) is 2. The second-order valence-electron chi connectivity index (χ2n) is 8.55. The lowest BCUT2D eigenvalue weighted by molar-refractivity contribution is -0.121. The van der Waals surface area contributed by atoms with E-state index in [4.69, 9.17) is 5.73 Å². The first-order chi connectivity index (χ1) is 17.3. The summed E-state index contributed by atoms with van der Waals surface area (Å²) in [7, 11) is 0. The molecule has 188 valence electrons. The molecule has 0 fully saturated rings. The maximum Gasteiger partial charge on any atom is 0.248 e. The number of allylic oxidation sites excluding steroid dienone is 1. The number of hydrogen-bond donors (Lipinski definition) is 2. The molecule has 0 radical (unpaired) electrons. The zero-order chi connectivity index (χ0) is 25.9. The fraction of sp³-hybridized carbons (Fsp3) is 0.241. The lowest BCUT2D eigenvalue weighted by Crippen LogP contribution is -2.22. The van der Waals surface area contributed by atoms with Crippen molar-refractivity contribution in [3.05, 3.63) is 119 Å². The highest BCUT2D eigenvalue weighted by Gasteiger charge is 2.15. The number of carbonyl (C=O) groups excluding carboxylic acids is 2. The van der Waals surface area contributed by atoms with E-state index < -0.39 is 11.7 Å². The summed E-state index contributed by atoms with van der Waals surface area (Å²) >= 11 is 0. The van der Waals surface area contributed by atoms with Crippen molar-refractivity contribution in [3.63, 3.8) is 0 Å². The van der Waals surface area contributed by atoms with Crippen molar-refractivity contribution >= 4 is 11.8 Å². The third-order valence-electron chi connectivity index (χ3n) is 5.95. The van der Waals surface area contributed by atoms with Gasteiger partial charge in [-0.2, -0.15) is 0 Å². The van der Waals surface area contributed by atoms with Gasteiger partial charge in [0.2, 0.25) is 11.8 Å². The fourth-order valence-electron chi connectivity index (χ4n) is 4.08. The van der Waals surface area contributed by atoms with E-state index in [0.29, 0.717) is 31.4 Å². The smallest absolute Gasteiger partial charge is 0.248 e. The van der Waals surface area contributed by atoms with Gasteiger partial charge in [-0.25, -0.2) is 13.2 Å². The summed E-state index contributed by atoms with van der Waals surface area (Å²) in [5, 5.41) is 2.81. The molecule has 0 atom stereocenters. The average molecular weight is 495 g/mol. The Bertz CT molecular complexity index is 1150. The van der Waals surface area contributed by atoms with Crippen LogP contribution in [-0.2, 0) is 11.2 Å². The summed E-state index contributed by atoms with van der Waals surface area (Å²) in [5.74, 6) is -1.81. The van der Waals surface area contributed by atoms with E-state index >= 15 is 0 Å². The Labute approximate surface area is 209 Å². The molecular formula is C29H29F3N2O2. The molecule has 3 N–H and O–H groups in total. The second-order valence-corrected chi connectivity index (χ2v) is 8.55. The molecule has 2 amide bonds. The molecule has 0 spiro atoms. The van der Waals surface area contributed by atoms with Crippen LogP contribution in [0.25, 0.3) is 0 Å². The summed E-state index contributed by atoms with van der Waals surface area (Å²) in [6, 6.07) is 16.4. The van der Waals surface area contributed by atoms with Gasteiger partial charge < -0.3 is 11.1 Å². The Morgan fingerprint density at radius 1 is 0.806 bits per heavy atom. The standard InChI is InChI=1S/C29H29F3N2O2/c30-23-12-8-20(9-13-23)26(21-10-14-24(31)15-11-21)6-1-2-7-28(35)34-18-4-3-5-22-19-25(32)16-17-27(22)29(33)36/h3-4,8-17,19,26H,1-2,5-7,18H2,(H2,33,36)(H,34,35)/b4-3-. The Morgan fingerprint density at radius 2 is 1.39 bits per heavy atom. The lowest BCUT2D eigenvalue weighted by atomic mass is 9.87. The van der Waals surface area contributed by atoms with Crippen LogP contribution < -0.4 is 11.1 Å². The van der Waals surface area contributed by atoms with Gasteiger partial charge in [0, 0.05) is 24.4 Å². The summed E-state index contributed by atoms with van der Waals surface area (Å²) in [6.45, 7) is 0.313. The van der Waals surface area contributed by atoms with Crippen LogP contribution >= 0.6 is 0 Å². The fourth-order valence-corrected chi connectivity index (χ4v) is 4.08. The first kappa shape index (κ1) is 26.7. The van der Waals surface area contributed by atoms with Crippen LogP contribution in [0, 0.1) is 17.5 Å². The Morgan fingerprint density at radius 3 is 1.97 bits per heavy atom. The zero-order valence-corrected chi connectivity index (χ0v) is 19.9. The summed E-state index contributed by atoms with van der Waals surface area (Å²) in [6.07, 6.45) is 6.32. The van der Waals surface area contributed by atoms with Crippen molar-refractivity contribution in [1.82, 2.24) is 5.32 Å². The minimum Gasteiger partial charge on any atom is -0.366 e. The first-order valence-corrected chi connectivity index (χ1v) is 11.8. The van der Waals surface area contributed by atoms with E-state index in [1.807, 2.05) is 0 Å². The van der Waals surface area contributed by atoms with Crippen molar-refractivity contribution in [2.45, 2.75) is 38.0 Å². The molecular weight excluding hydrogens is 465 g/mol. The maximum absolute atomic E-state index is 13.5. The Hall–Kier alpha value is -3.87. The van der Waals surface area contributed by atoms with Crippen LogP contribution in [0.3, 0.4) is 0 Å². The van der Waals surface area contributed by atoms with Gasteiger partial charge in [0.1, 0.15) is 17.5 Å². The third-order valence-corrected chi connectivity index (χ3v) is 5.95. The van der Waals surface area contributed by atoms with E-state index in [2.05, 4.69) is 5.32 Å². The van der Waals surface area contributed by atoms with Crippen molar-refractivity contribution in [1.29, 1.82) is 0 Å². The molecule has 0 unspecified atom stereocenters. The number of carbonyl (C=O) groups is 2. The van der Waals surface area contributed by atoms with Crippen molar-refractivity contribution in [2.75, 3.05) is 6.54 Å². The molecule has 0 aromatic heterocycles. The van der Waals surface area contributed by atoms with Gasteiger partial charge >= 0.3 is 0 Å². The molecule has 7 heteroatoms. The molecule has 0 heterocycles. The molecule has 36 heavy (non-hydrogen) atoms. The monoisotopic (exact) mass is 494 g/mol. The molecule has 0 saturated carbocycles. The minimum atomic E-state index is -0.618. The van der Waals surface area contributed by atoms with E-state index in [1.165, 1.54) is 42.5 Å². The molecule has 3 aromatic rings. The van der Waals surface area contributed by atoms with Crippen LogP contribution in [-0.4, -0.2) is 18.4 Å². The predicted molar refractivity (Wildman–Crippen MR) is 134 cm³/mol. The van der Waals surface area contributed by atoms with Gasteiger partial charge in [-0.3, -0.25) is 9.59 Å². The minimum absolute atomic E-state index is 0.0229. The normalized spacial score (nSPS) is 11.2. The van der Waals surface area contributed by atoms with Crippen molar-refractivity contribution in [2.24, 2.45) is 5.73 Å². The topological polar surface area (TPSA) is 72.2 Å². The third kappa shape index (κ3) is 8.12. The number of halogens is 3. The second kappa shape index (κ2) is 13.3. The highest BCUT2D eigenvalue weighted by molar-refractivity contribution is 5.94. The highest BCUT2D eigenvalue weighted by atomic mass is 19.1. The number of unbranched alkanes of at least 4 members (excludes halogenated alkanes) is 1. The number of nitrogens with two attached hydrogens (primary N) is 1. The number of primary amides is 1. The number of rotatable bonds is 12. The molecule has 0 aliphatic rings. The van der Waals surface area contributed by atoms with Gasteiger partial charge in [0.25, 0.3) is 0 Å². The van der Waals surface area contributed by atoms with Crippen LogP contribution in [0.5, 0.6) is 0 Å². The van der Waals surface area contributed by atoms with Gasteiger partial charge in [-0.15, -0.1) is 0 Å². The van der Waals surface area contributed by atoms with E-state index in [1.54, 1.807) is 36.4 Å². The largest absolute Gasteiger partial charge is 0.366 e. The van der Waals surface area contributed by atoms with E-state index in [9.17, 15) is 22.8 Å². The van der Waals surface area contributed by atoms with Gasteiger partial charge in [0.05, 0.1) is 0 Å². The predicted octanol–water partition coefficient (Wildman–Crippen LogP) is 5.81. The maximum atomic E-state index is 13.5. The lowest BCUT2D eigenvalue weighted by Gasteiger charge is -2.18. The van der Waals surface area contributed by atoms with Crippen LogP contribution in [0.4, 0.5) is 13.2 Å². The number of nitrogens with one attached hydrogen (secondary N) is 1. The Balaban J connectivity index is 1.44. The molecule has 0 aliphatic heterocycles. The first-order valence-electron chi connectivity index (χ1n) is 11.8. The van der Waals surface area contributed by atoms with E-state index in [-0.39, 0.29) is 29.0 Å². The average Bonchev–Trinajstić information content (AvgIpc) is 2.85. The molecule has 0 aliphatic carbocycles. The molecule has 0 saturated heterocycles. The zero-order valence-electron chi connectivity index (χ0n) is 19.9. The number of amides is 2. The van der Waals surface area contributed by atoms with Gasteiger partial charge in [-0.05, 0) is 78.4 Å². The number of benzene rings is 3. The van der Waals surface area contributed by atoms with Crippen LogP contribution in [0.2, 0.25) is 0 Å². The SMILES string of the molecule is NC(=O)c1ccc(F)cc1C/C=C\CNC(=O)CCCCC(c1ccc(F)cc1)c1ccc(F)cc1. The summed E-state index contributed by atoms with van der Waals surface area (Å²) in [5.41, 5.74) is 7.95. The summed E-state index contributed by atoms with van der Waals surface area (Å²) < 4.78 is 40.2. The quantitative estimate of drug-likeness (QED) is 0.246. The van der Waals surface area contributed by atoms with Gasteiger partial charge in [-0.1, -0.05) is 42.8 Å². The molecule has 0 bridgehead atoms.